The van der Waals surface area contributed by atoms with Crippen molar-refractivity contribution in [2.45, 2.75) is 17.9 Å². The number of para-hydroxylation sites is 1. The number of benzene rings is 3. The molecule has 3 aromatic carbocycles. The zero-order chi connectivity index (χ0) is 20.4. The molecule has 0 saturated heterocycles. The second-order valence-electron chi connectivity index (χ2n) is 6.72. The van der Waals surface area contributed by atoms with Gasteiger partial charge in [0.25, 0.3) is 10.1 Å². The lowest BCUT2D eigenvalue weighted by Crippen LogP contribution is -2.34. The summed E-state index contributed by atoms with van der Waals surface area (Å²) in [6.45, 7) is 1.77. The number of ether oxygens (including phenoxy) is 2. The van der Waals surface area contributed by atoms with Crippen LogP contribution in [0.25, 0.3) is 11.1 Å². The van der Waals surface area contributed by atoms with Crippen LogP contribution in [-0.2, 0) is 14.3 Å². The maximum absolute atomic E-state index is 14.3. The predicted octanol–water partition coefficient (Wildman–Crippen LogP) is 4.35. The molecule has 0 spiro atoms. The van der Waals surface area contributed by atoms with Crippen molar-refractivity contribution in [1.29, 1.82) is 0 Å². The summed E-state index contributed by atoms with van der Waals surface area (Å²) in [5.74, 6) is 0.457. The van der Waals surface area contributed by atoms with Gasteiger partial charge in [0.2, 0.25) is 0 Å². The minimum atomic E-state index is -3.92. The highest BCUT2D eigenvalue weighted by atomic mass is 32.2. The van der Waals surface area contributed by atoms with Crippen molar-refractivity contribution in [3.8, 4) is 22.6 Å². The number of hydrogen-bond donors (Lipinski definition) is 0. The van der Waals surface area contributed by atoms with Gasteiger partial charge in [0.05, 0.1) is 4.90 Å². The Morgan fingerprint density at radius 3 is 2.48 bits per heavy atom. The fourth-order valence-corrected chi connectivity index (χ4v) is 3.98. The second-order valence-corrected chi connectivity index (χ2v) is 8.33. The van der Waals surface area contributed by atoms with Gasteiger partial charge in [-0.15, -0.1) is 0 Å². The average molecular weight is 414 g/mol. The Bertz CT molecular complexity index is 1130. The molecule has 7 heteroatoms. The van der Waals surface area contributed by atoms with E-state index in [-0.39, 0.29) is 23.9 Å². The molecule has 0 aromatic heterocycles. The number of rotatable bonds is 5. The third kappa shape index (κ3) is 4.11. The van der Waals surface area contributed by atoms with Gasteiger partial charge >= 0.3 is 0 Å². The first-order valence-corrected chi connectivity index (χ1v) is 10.5. The SMILES string of the molecule is Cc1ccc(S(=O)(=O)OCC2COc3cccc(-c4ccccc4F)c3O2)cc1. The highest BCUT2D eigenvalue weighted by Gasteiger charge is 2.27. The van der Waals surface area contributed by atoms with Crippen molar-refractivity contribution in [2.75, 3.05) is 13.2 Å². The zero-order valence-electron chi connectivity index (χ0n) is 15.7. The molecule has 0 N–H and O–H groups in total. The lowest BCUT2D eigenvalue weighted by Gasteiger charge is -2.28. The number of hydrogen-bond acceptors (Lipinski definition) is 5. The molecule has 1 atom stereocenters. The number of fused-ring (bicyclic) bond motifs is 1. The quantitative estimate of drug-likeness (QED) is 0.581. The molecule has 1 heterocycles. The first-order valence-electron chi connectivity index (χ1n) is 9.07. The molecule has 1 aliphatic rings. The fraction of sp³-hybridized carbons (Fsp3) is 0.182. The molecule has 0 aliphatic carbocycles. The van der Waals surface area contributed by atoms with Gasteiger partial charge < -0.3 is 9.47 Å². The second kappa shape index (κ2) is 7.85. The third-order valence-corrected chi connectivity index (χ3v) is 5.87. The van der Waals surface area contributed by atoms with Gasteiger partial charge in [0.15, 0.2) is 17.6 Å². The fourth-order valence-electron chi connectivity index (χ4n) is 3.05. The molecule has 3 aromatic rings. The lowest BCUT2D eigenvalue weighted by molar-refractivity contribution is 0.0561. The van der Waals surface area contributed by atoms with Gasteiger partial charge in [-0.1, -0.05) is 48.0 Å². The molecular weight excluding hydrogens is 395 g/mol. The summed E-state index contributed by atoms with van der Waals surface area (Å²) in [6, 6.07) is 18.0. The van der Waals surface area contributed by atoms with Crippen LogP contribution >= 0.6 is 0 Å². The summed E-state index contributed by atoms with van der Waals surface area (Å²) in [5.41, 5.74) is 1.86. The molecule has 0 saturated carbocycles. The topological polar surface area (TPSA) is 61.8 Å². The van der Waals surface area contributed by atoms with Gasteiger partial charge in [-0.3, -0.25) is 4.18 Å². The summed E-state index contributed by atoms with van der Waals surface area (Å²) in [5, 5.41) is 0. The number of aryl methyl sites for hydroxylation is 1. The van der Waals surface area contributed by atoms with Crippen LogP contribution < -0.4 is 9.47 Å². The van der Waals surface area contributed by atoms with E-state index in [9.17, 15) is 12.8 Å². The third-order valence-electron chi connectivity index (χ3n) is 4.57. The van der Waals surface area contributed by atoms with Gasteiger partial charge in [-0.05, 0) is 31.2 Å². The van der Waals surface area contributed by atoms with Crippen LogP contribution in [0.5, 0.6) is 11.5 Å². The molecule has 29 heavy (non-hydrogen) atoms. The van der Waals surface area contributed by atoms with Crippen molar-refractivity contribution in [3.63, 3.8) is 0 Å². The Morgan fingerprint density at radius 2 is 1.72 bits per heavy atom. The van der Waals surface area contributed by atoms with E-state index in [0.717, 1.165) is 5.56 Å². The van der Waals surface area contributed by atoms with Crippen LogP contribution in [-0.4, -0.2) is 27.7 Å². The zero-order valence-corrected chi connectivity index (χ0v) is 16.5. The Morgan fingerprint density at radius 1 is 1.00 bits per heavy atom. The molecule has 0 bridgehead atoms. The van der Waals surface area contributed by atoms with Crippen molar-refractivity contribution >= 4 is 10.1 Å². The number of halogens is 1. The predicted molar refractivity (Wildman–Crippen MR) is 106 cm³/mol. The molecule has 5 nitrogen and oxygen atoms in total. The van der Waals surface area contributed by atoms with Crippen LogP contribution in [0.15, 0.2) is 71.6 Å². The monoisotopic (exact) mass is 414 g/mol. The van der Waals surface area contributed by atoms with Crippen molar-refractivity contribution in [3.05, 3.63) is 78.1 Å². The Kier molecular flexibility index (Phi) is 5.25. The summed E-state index contributed by atoms with van der Waals surface area (Å²) in [6.07, 6.45) is -0.657. The van der Waals surface area contributed by atoms with E-state index in [0.29, 0.717) is 22.6 Å². The van der Waals surface area contributed by atoms with Crippen LogP contribution in [0.2, 0.25) is 0 Å². The van der Waals surface area contributed by atoms with Crippen LogP contribution in [0.4, 0.5) is 4.39 Å². The maximum Gasteiger partial charge on any atom is 0.297 e. The van der Waals surface area contributed by atoms with Crippen molar-refractivity contribution < 1.29 is 26.5 Å². The Balaban J connectivity index is 1.53. The average Bonchev–Trinajstić information content (AvgIpc) is 2.72. The highest BCUT2D eigenvalue weighted by molar-refractivity contribution is 7.86. The molecule has 1 unspecified atom stereocenters. The van der Waals surface area contributed by atoms with E-state index in [1.165, 1.54) is 18.2 Å². The standard InChI is InChI=1S/C22H19FO5S/c1-15-9-11-17(12-10-15)29(24,25)27-14-16-13-26-21-8-4-6-19(22(21)28-16)18-5-2-3-7-20(18)23/h2-12,16H,13-14H2,1H3. The van der Waals surface area contributed by atoms with Crippen molar-refractivity contribution in [1.82, 2.24) is 0 Å². The van der Waals surface area contributed by atoms with E-state index in [1.54, 1.807) is 48.5 Å². The Hall–Kier alpha value is -2.90. The van der Waals surface area contributed by atoms with E-state index in [2.05, 4.69) is 0 Å². The first kappa shape index (κ1) is 19.4. The minimum Gasteiger partial charge on any atom is -0.486 e. The molecule has 0 amide bonds. The van der Waals surface area contributed by atoms with Gasteiger partial charge in [0, 0.05) is 11.1 Å². The minimum absolute atomic E-state index is 0.0762. The van der Waals surface area contributed by atoms with Gasteiger partial charge in [0.1, 0.15) is 19.0 Å². The van der Waals surface area contributed by atoms with Crippen LogP contribution in [0.1, 0.15) is 5.56 Å². The summed E-state index contributed by atoms with van der Waals surface area (Å²) < 4.78 is 55.9. The van der Waals surface area contributed by atoms with E-state index >= 15 is 0 Å². The van der Waals surface area contributed by atoms with Gasteiger partial charge in [-0.2, -0.15) is 8.42 Å². The largest absolute Gasteiger partial charge is 0.486 e. The molecular formula is C22H19FO5S. The molecule has 150 valence electrons. The molecule has 0 fully saturated rings. The normalized spacial score (nSPS) is 15.9. The van der Waals surface area contributed by atoms with E-state index in [4.69, 9.17) is 13.7 Å². The smallest absolute Gasteiger partial charge is 0.297 e. The van der Waals surface area contributed by atoms with Gasteiger partial charge in [-0.25, -0.2) is 4.39 Å². The lowest BCUT2D eigenvalue weighted by atomic mass is 10.0. The van der Waals surface area contributed by atoms with Crippen LogP contribution in [0, 0.1) is 12.7 Å². The van der Waals surface area contributed by atoms with Crippen LogP contribution in [0.3, 0.4) is 0 Å². The molecule has 4 rings (SSSR count). The maximum atomic E-state index is 14.3. The highest BCUT2D eigenvalue weighted by Crippen LogP contribution is 2.41. The molecule has 0 radical (unpaired) electrons. The summed E-state index contributed by atoms with van der Waals surface area (Å²) in [4.78, 5) is 0.0762. The summed E-state index contributed by atoms with van der Waals surface area (Å²) >= 11 is 0. The Labute approximate surface area is 168 Å². The molecule has 1 aliphatic heterocycles. The first-order chi connectivity index (χ1) is 13.9. The van der Waals surface area contributed by atoms with E-state index < -0.39 is 16.2 Å². The van der Waals surface area contributed by atoms with Crippen molar-refractivity contribution in [2.24, 2.45) is 0 Å². The van der Waals surface area contributed by atoms with E-state index in [1.807, 2.05) is 6.92 Å². The summed E-state index contributed by atoms with van der Waals surface area (Å²) in [7, 11) is -3.92.